The molecule has 0 spiro atoms. The van der Waals surface area contributed by atoms with E-state index in [9.17, 15) is 0 Å². The number of hydrogen-bond donors (Lipinski definition) is 0. The quantitative estimate of drug-likeness (QED) is 0.681. The summed E-state index contributed by atoms with van der Waals surface area (Å²) in [5, 5.41) is 10.6. The van der Waals surface area contributed by atoms with E-state index in [2.05, 4.69) is 59.3 Å². The SMILES string of the molecule is COc1ccc2cc(C3CN(Cc4nnc(C(C)C)o4)CCO3)ccc2c1. The molecule has 0 saturated carbocycles. The number of fused-ring (bicyclic) bond motifs is 1. The van der Waals surface area contributed by atoms with Crippen LogP contribution >= 0.6 is 0 Å². The monoisotopic (exact) mass is 367 g/mol. The third-order valence-electron chi connectivity index (χ3n) is 4.93. The Balaban J connectivity index is 1.48. The van der Waals surface area contributed by atoms with Gasteiger partial charge in [-0.1, -0.05) is 32.0 Å². The van der Waals surface area contributed by atoms with Gasteiger partial charge in [0.1, 0.15) is 5.75 Å². The predicted octanol–water partition coefficient (Wildman–Crippen LogP) is 3.93. The molecule has 1 saturated heterocycles. The minimum absolute atomic E-state index is 0.0396. The lowest BCUT2D eigenvalue weighted by Gasteiger charge is -2.32. The second-order valence-electron chi connectivity index (χ2n) is 7.26. The van der Waals surface area contributed by atoms with Crippen molar-refractivity contribution in [3.05, 3.63) is 53.7 Å². The Kier molecular flexibility index (Phi) is 5.09. The summed E-state index contributed by atoms with van der Waals surface area (Å²) >= 11 is 0. The summed E-state index contributed by atoms with van der Waals surface area (Å²) in [5.74, 6) is 2.49. The molecular formula is C21H25N3O3. The number of rotatable bonds is 5. The van der Waals surface area contributed by atoms with Crippen LogP contribution in [0.4, 0.5) is 0 Å². The van der Waals surface area contributed by atoms with Gasteiger partial charge in [-0.05, 0) is 34.5 Å². The topological polar surface area (TPSA) is 60.6 Å². The van der Waals surface area contributed by atoms with Crippen LogP contribution in [0.1, 0.15) is 43.2 Å². The van der Waals surface area contributed by atoms with Crippen LogP contribution in [0.25, 0.3) is 10.8 Å². The summed E-state index contributed by atoms with van der Waals surface area (Å²) in [7, 11) is 1.69. The van der Waals surface area contributed by atoms with Crippen molar-refractivity contribution in [1.82, 2.24) is 15.1 Å². The van der Waals surface area contributed by atoms with Gasteiger partial charge >= 0.3 is 0 Å². The molecule has 0 bridgehead atoms. The molecule has 1 unspecified atom stereocenters. The van der Waals surface area contributed by atoms with Crippen LogP contribution in [-0.4, -0.2) is 41.9 Å². The lowest BCUT2D eigenvalue weighted by Crippen LogP contribution is -2.37. The first kappa shape index (κ1) is 17.9. The summed E-state index contributed by atoms with van der Waals surface area (Å²) in [4.78, 5) is 2.31. The normalized spacial score (nSPS) is 18.3. The first-order chi connectivity index (χ1) is 13.1. The summed E-state index contributed by atoms with van der Waals surface area (Å²) in [6, 6.07) is 12.6. The second kappa shape index (κ2) is 7.66. The van der Waals surface area contributed by atoms with Crippen LogP contribution in [0, 0.1) is 0 Å². The van der Waals surface area contributed by atoms with E-state index in [1.165, 1.54) is 10.9 Å². The van der Waals surface area contributed by atoms with Gasteiger partial charge in [0.05, 0.1) is 26.4 Å². The van der Waals surface area contributed by atoms with E-state index in [1.807, 2.05) is 6.07 Å². The van der Waals surface area contributed by atoms with Crippen molar-refractivity contribution in [3.63, 3.8) is 0 Å². The van der Waals surface area contributed by atoms with Gasteiger partial charge in [-0.3, -0.25) is 4.90 Å². The van der Waals surface area contributed by atoms with E-state index in [0.29, 0.717) is 24.9 Å². The highest BCUT2D eigenvalue weighted by Gasteiger charge is 2.24. The molecule has 27 heavy (non-hydrogen) atoms. The average molecular weight is 367 g/mol. The molecule has 2 heterocycles. The average Bonchev–Trinajstić information content (AvgIpc) is 3.16. The fraction of sp³-hybridized carbons (Fsp3) is 0.429. The first-order valence-electron chi connectivity index (χ1n) is 9.36. The maximum atomic E-state index is 6.04. The van der Waals surface area contributed by atoms with Gasteiger partial charge in [-0.25, -0.2) is 0 Å². The molecule has 142 valence electrons. The molecule has 0 N–H and O–H groups in total. The number of hydrogen-bond acceptors (Lipinski definition) is 6. The zero-order chi connectivity index (χ0) is 18.8. The summed E-state index contributed by atoms with van der Waals surface area (Å²) < 4.78 is 17.1. The van der Waals surface area contributed by atoms with Crippen molar-refractivity contribution in [2.75, 3.05) is 26.8 Å². The highest BCUT2D eigenvalue weighted by atomic mass is 16.5. The lowest BCUT2D eigenvalue weighted by atomic mass is 10.0. The van der Waals surface area contributed by atoms with E-state index in [4.69, 9.17) is 13.9 Å². The summed E-state index contributed by atoms with van der Waals surface area (Å²) in [6.45, 7) is 7.12. The van der Waals surface area contributed by atoms with E-state index < -0.39 is 0 Å². The lowest BCUT2D eigenvalue weighted by molar-refractivity contribution is -0.0352. The molecule has 1 aliphatic rings. The van der Waals surface area contributed by atoms with Gasteiger partial charge in [0.15, 0.2) is 0 Å². The molecule has 0 amide bonds. The summed E-state index contributed by atoms with van der Waals surface area (Å²) in [5.41, 5.74) is 1.19. The Morgan fingerprint density at radius 3 is 2.74 bits per heavy atom. The van der Waals surface area contributed by atoms with Crippen LogP contribution in [-0.2, 0) is 11.3 Å². The van der Waals surface area contributed by atoms with Crippen molar-refractivity contribution >= 4 is 10.8 Å². The van der Waals surface area contributed by atoms with Crippen LogP contribution in [0.3, 0.4) is 0 Å². The number of benzene rings is 2. The Labute approximate surface area is 159 Å². The zero-order valence-electron chi connectivity index (χ0n) is 16.0. The minimum Gasteiger partial charge on any atom is -0.497 e. The molecule has 0 aliphatic carbocycles. The van der Waals surface area contributed by atoms with Gasteiger partial charge in [-0.15, -0.1) is 10.2 Å². The molecule has 1 fully saturated rings. The van der Waals surface area contributed by atoms with Gasteiger partial charge in [0, 0.05) is 19.0 Å². The molecule has 1 atom stereocenters. The highest BCUT2D eigenvalue weighted by molar-refractivity contribution is 5.84. The number of nitrogens with zero attached hydrogens (tertiary/aromatic N) is 3. The second-order valence-corrected chi connectivity index (χ2v) is 7.26. The Morgan fingerprint density at radius 2 is 1.96 bits per heavy atom. The molecule has 6 nitrogen and oxygen atoms in total. The van der Waals surface area contributed by atoms with Crippen LogP contribution in [0.2, 0.25) is 0 Å². The highest BCUT2D eigenvalue weighted by Crippen LogP contribution is 2.28. The van der Waals surface area contributed by atoms with Gasteiger partial charge in [0.25, 0.3) is 0 Å². The largest absolute Gasteiger partial charge is 0.497 e. The molecule has 1 aromatic heterocycles. The van der Waals surface area contributed by atoms with Crippen LogP contribution < -0.4 is 4.74 Å². The van der Waals surface area contributed by atoms with Gasteiger partial charge < -0.3 is 13.9 Å². The molecule has 3 aromatic rings. The standard InChI is InChI=1S/C21H25N3O3/c1-14(2)21-23-22-20(27-21)13-24-8-9-26-19(12-24)17-5-4-16-11-18(25-3)7-6-15(16)10-17/h4-7,10-11,14,19H,8-9,12-13H2,1-3H3. The molecule has 0 radical (unpaired) electrons. The van der Waals surface area contributed by atoms with E-state index >= 15 is 0 Å². The number of morpholine rings is 1. The third kappa shape index (κ3) is 3.96. The van der Waals surface area contributed by atoms with E-state index in [0.717, 1.165) is 24.2 Å². The fourth-order valence-electron chi connectivity index (χ4n) is 3.37. The van der Waals surface area contributed by atoms with E-state index in [-0.39, 0.29) is 12.0 Å². The Hall–Kier alpha value is -2.44. The maximum Gasteiger partial charge on any atom is 0.230 e. The molecule has 6 heteroatoms. The van der Waals surface area contributed by atoms with Crippen molar-refractivity contribution in [2.24, 2.45) is 0 Å². The third-order valence-corrected chi connectivity index (χ3v) is 4.93. The number of ether oxygens (including phenoxy) is 2. The minimum atomic E-state index is 0.0396. The Bertz CT molecular complexity index is 922. The van der Waals surface area contributed by atoms with Crippen molar-refractivity contribution in [1.29, 1.82) is 0 Å². The van der Waals surface area contributed by atoms with Crippen molar-refractivity contribution in [3.8, 4) is 5.75 Å². The van der Waals surface area contributed by atoms with Crippen molar-refractivity contribution in [2.45, 2.75) is 32.4 Å². The molecule has 1 aliphatic heterocycles. The van der Waals surface area contributed by atoms with Gasteiger partial charge in [-0.2, -0.15) is 0 Å². The summed E-state index contributed by atoms with van der Waals surface area (Å²) in [6.07, 6.45) is 0.0396. The van der Waals surface area contributed by atoms with Crippen LogP contribution in [0.15, 0.2) is 40.8 Å². The Morgan fingerprint density at radius 1 is 1.15 bits per heavy atom. The molecule has 2 aromatic carbocycles. The van der Waals surface area contributed by atoms with Crippen molar-refractivity contribution < 1.29 is 13.9 Å². The fourth-order valence-corrected chi connectivity index (χ4v) is 3.37. The molecule has 4 rings (SSSR count). The first-order valence-corrected chi connectivity index (χ1v) is 9.36. The maximum absolute atomic E-state index is 6.04. The predicted molar refractivity (Wildman–Crippen MR) is 103 cm³/mol. The number of methoxy groups -OCH3 is 1. The van der Waals surface area contributed by atoms with Gasteiger partial charge in [0.2, 0.25) is 11.8 Å². The smallest absolute Gasteiger partial charge is 0.230 e. The number of aromatic nitrogens is 2. The van der Waals surface area contributed by atoms with Crippen LogP contribution in [0.5, 0.6) is 5.75 Å². The zero-order valence-corrected chi connectivity index (χ0v) is 16.0. The van der Waals surface area contributed by atoms with E-state index in [1.54, 1.807) is 7.11 Å². The molecular weight excluding hydrogens is 342 g/mol.